The van der Waals surface area contributed by atoms with E-state index in [4.69, 9.17) is 5.11 Å². The Labute approximate surface area is 112 Å². The Bertz CT molecular complexity index is 583. The first-order valence-corrected chi connectivity index (χ1v) is 7.53. The Hall–Kier alpha value is -1.40. The van der Waals surface area contributed by atoms with E-state index in [0.29, 0.717) is 18.0 Å². The number of hydrogen-bond donors (Lipinski definition) is 1. The van der Waals surface area contributed by atoms with Crippen molar-refractivity contribution in [2.75, 3.05) is 13.1 Å². The van der Waals surface area contributed by atoms with Crippen molar-refractivity contribution in [2.24, 2.45) is 5.92 Å². The maximum absolute atomic E-state index is 12.3. The lowest BCUT2D eigenvalue weighted by Crippen LogP contribution is -2.50. The quantitative estimate of drug-likeness (QED) is 0.906. The molecule has 1 saturated heterocycles. The third-order valence-corrected chi connectivity index (χ3v) is 5.03. The normalized spacial score (nSPS) is 17.2. The third-order valence-electron chi connectivity index (χ3n) is 3.22. The van der Waals surface area contributed by atoms with Crippen molar-refractivity contribution in [3.05, 3.63) is 29.3 Å². The molecule has 1 N–H and O–H groups in total. The fourth-order valence-electron chi connectivity index (χ4n) is 2.33. The lowest BCUT2D eigenvalue weighted by molar-refractivity contribution is -0.139. The molecular formula is C13H17NO4S. The first kappa shape index (κ1) is 14.0. The molecule has 104 valence electrons. The van der Waals surface area contributed by atoms with Crippen LogP contribution in [0.2, 0.25) is 0 Å². The molecular weight excluding hydrogens is 266 g/mol. The second-order valence-corrected chi connectivity index (χ2v) is 7.05. The Balaban J connectivity index is 2.14. The lowest BCUT2D eigenvalue weighted by Gasteiger charge is -2.37. The summed E-state index contributed by atoms with van der Waals surface area (Å²) in [5, 5.41) is 8.66. The average molecular weight is 283 g/mol. The van der Waals surface area contributed by atoms with E-state index in [9.17, 15) is 13.2 Å². The number of sulfonamides is 1. The van der Waals surface area contributed by atoms with Crippen LogP contribution >= 0.6 is 0 Å². The van der Waals surface area contributed by atoms with Gasteiger partial charge in [-0.05, 0) is 43.0 Å². The van der Waals surface area contributed by atoms with E-state index in [1.165, 1.54) is 4.31 Å². The fourth-order valence-corrected chi connectivity index (χ4v) is 4.11. The molecule has 0 bridgehead atoms. The van der Waals surface area contributed by atoms with Gasteiger partial charge >= 0.3 is 5.97 Å². The maximum atomic E-state index is 12.3. The lowest BCUT2D eigenvalue weighted by atomic mass is 10.00. The van der Waals surface area contributed by atoms with Crippen LogP contribution in [0.4, 0.5) is 0 Å². The Morgan fingerprint density at radius 2 is 1.79 bits per heavy atom. The van der Waals surface area contributed by atoms with Crippen LogP contribution in [0, 0.1) is 19.8 Å². The van der Waals surface area contributed by atoms with E-state index in [1.54, 1.807) is 12.1 Å². The zero-order valence-electron chi connectivity index (χ0n) is 11.0. The second-order valence-electron chi connectivity index (χ2n) is 5.11. The van der Waals surface area contributed by atoms with Crippen molar-refractivity contribution in [1.82, 2.24) is 4.31 Å². The van der Waals surface area contributed by atoms with E-state index in [1.807, 2.05) is 19.9 Å². The Morgan fingerprint density at radius 1 is 1.26 bits per heavy atom. The molecule has 0 amide bonds. The molecule has 0 saturated carbocycles. The van der Waals surface area contributed by atoms with Crippen LogP contribution in [0.15, 0.2) is 23.1 Å². The van der Waals surface area contributed by atoms with E-state index in [2.05, 4.69) is 0 Å². The van der Waals surface area contributed by atoms with Crippen molar-refractivity contribution < 1.29 is 18.3 Å². The first-order valence-electron chi connectivity index (χ1n) is 6.09. The number of rotatable bonds is 4. The van der Waals surface area contributed by atoms with Gasteiger partial charge in [0.05, 0.1) is 11.3 Å². The van der Waals surface area contributed by atoms with E-state index in [0.717, 1.165) is 11.1 Å². The van der Waals surface area contributed by atoms with Crippen LogP contribution in [0.3, 0.4) is 0 Å². The van der Waals surface area contributed by atoms with Gasteiger partial charge in [-0.3, -0.25) is 4.79 Å². The molecule has 0 atom stereocenters. The smallest absolute Gasteiger partial charge is 0.303 e. The summed E-state index contributed by atoms with van der Waals surface area (Å²) in [4.78, 5) is 10.8. The van der Waals surface area contributed by atoms with E-state index >= 15 is 0 Å². The average Bonchev–Trinajstić information content (AvgIpc) is 2.20. The van der Waals surface area contributed by atoms with Crippen LogP contribution in [0.5, 0.6) is 0 Å². The van der Waals surface area contributed by atoms with Gasteiger partial charge in [0, 0.05) is 13.1 Å². The molecule has 0 aromatic heterocycles. The van der Waals surface area contributed by atoms with Crippen LogP contribution in [-0.2, 0) is 14.8 Å². The van der Waals surface area contributed by atoms with Crippen LogP contribution in [0.25, 0.3) is 0 Å². The number of carbonyl (C=O) groups is 1. The molecule has 6 heteroatoms. The molecule has 1 aromatic carbocycles. The maximum Gasteiger partial charge on any atom is 0.303 e. The second kappa shape index (κ2) is 4.94. The van der Waals surface area contributed by atoms with Gasteiger partial charge in [0.25, 0.3) is 0 Å². The molecule has 0 unspecified atom stereocenters. The molecule has 0 radical (unpaired) electrons. The first-order chi connectivity index (χ1) is 8.79. The predicted molar refractivity (Wildman–Crippen MR) is 70.4 cm³/mol. The number of aryl methyl sites for hydroxylation is 2. The van der Waals surface area contributed by atoms with Crippen molar-refractivity contribution in [3.63, 3.8) is 0 Å². The minimum atomic E-state index is -3.48. The summed E-state index contributed by atoms with van der Waals surface area (Å²) >= 11 is 0. The minimum absolute atomic E-state index is 0.0267. The zero-order valence-corrected chi connectivity index (χ0v) is 11.8. The topological polar surface area (TPSA) is 74.7 Å². The summed E-state index contributed by atoms with van der Waals surface area (Å²) in [5.41, 5.74) is 1.81. The highest BCUT2D eigenvalue weighted by atomic mass is 32.2. The molecule has 5 nitrogen and oxygen atoms in total. The SMILES string of the molecule is Cc1cc(C)cc(S(=O)(=O)N2CC(CC(=O)O)C2)c1. The van der Waals surface area contributed by atoms with Crippen molar-refractivity contribution in [1.29, 1.82) is 0 Å². The fraction of sp³-hybridized carbons (Fsp3) is 0.462. The molecule has 1 aliphatic rings. The highest BCUT2D eigenvalue weighted by molar-refractivity contribution is 7.89. The van der Waals surface area contributed by atoms with Crippen molar-refractivity contribution in [2.45, 2.75) is 25.2 Å². The van der Waals surface area contributed by atoms with Gasteiger partial charge in [0.15, 0.2) is 0 Å². The largest absolute Gasteiger partial charge is 0.481 e. The number of carboxylic acids is 1. The minimum Gasteiger partial charge on any atom is -0.481 e. The van der Waals surface area contributed by atoms with Gasteiger partial charge in [-0.2, -0.15) is 4.31 Å². The van der Waals surface area contributed by atoms with Gasteiger partial charge in [-0.1, -0.05) is 6.07 Å². The summed E-state index contributed by atoms with van der Waals surface area (Å²) in [6, 6.07) is 5.21. The van der Waals surface area contributed by atoms with Crippen LogP contribution in [-0.4, -0.2) is 36.9 Å². The molecule has 1 heterocycles. The molecule has 1 fully saturated rings. The highest BCUT2D eigenvalue weighted by Crippen LogP contribution is 2.27. The van der Waals surface area contributed by atoms with E-state index in [-0.39, 0.29) is 12.3 Å². The number of nitrogens with zero attached hydrogens (tertiary/aromatic N) is 1. The van der Waals surface area contributed by atoms with Gasteiger partial charge in [-0.25, -0.2) is 8.42 Å². The molecule has 1 aliphatic heterocycles. The standard InChI is InChI=1S/C13H17NO4S/c1-9-3-10(2)5-12(4-9)19(17,18)14-7-11(8-14)6-13(15)16/h3-5,11H,6-8H2,1-2H3,(H,15,16). The molecule has 2 rings (SSSR count). The van der Waals surface area contributed by atoms with Gasteiger partial charge in [0.1, 0.15) is 0 Å². The van der Waals surface area contributed by atoms with Gasteiger partial charge in [0.2, 0.25) is 10.0 Å². The number of carboxylic acid groups (broad SMARTS) is 1. The molecule has 0 spiro atoms. The summed E-state index contributed by atoms with van der Waals surface area (Å²) in [7, 11) is -3.48. The highest BCUT2D eigenvalue weighted by Gasteiger charge is 2.37. The van der Waals surface area contributed by atoms with Gasteiger partial charge in [-0.15, -0.1) is 0 Å². The van der Waals surface area contributed by atoms with Crippen LogP contribution in [0.1, 0.15) is 17.5 Å². The number of aliphatic carboxylic acids is 1. The number of benzene rings is 1. The number of hydrogen-bond acceptors (Lipinski definition) is 3. The monoisotopic (exact) mass is 283 g/mol. The summed E-state index contributed by atoms with van der Waals surface area (Å²) in [6.45, 7) is 4.30. The predicted octanol–water partition coefficient (Wildman–Crippen LogP) is 1.40. The van der Waals surface area contributed by atoms with Crippen molar-refractivity contribution in [3.8, 4) is 0 Å². The molecule has 1 aromatic rings. The van der Waals surface area contributed by atoms with Crippen LogP contribution < -0.4 is 0 Å². The Kier molecular flexibility index (Phi) is 3.64. The Morgan fingerprint density at radius 3 is 2.26 bits per heavy atom. The summed E-state index contributed by atoms with van der Waals surface area (Å²) in [5.74, 6) is -0.952. The third kappa shape index (κ3) is 2.96. The van der Waals surface area contributed by atoms with Crippen molar-refractivity contribution >= 4 is 16.0 Å². The van der Waals surface area contributed by atoms with Gasteiger partial charge < -0.3 is 5.11 Å². The summed E-state index contributed by atoms with van der Waals surface area (Å²) < 4.78 is 26.0. The molecule has 19 heavy (non-hydrogen) atoms. The van der Waals surface area contributed by atoms with E-state index < -0.39 is 16.0 Å². The molecule has 0 aliphatic carbocycles. The summed E-state index contributed by atoms with van der Waals surface area (Å²) in [6.07, 6.45) is 0.0267. The zero-order chi connectivity index (χ0) is 14.2.